The molecule has 20 heavy (non-hydrogen) atoms. The second-order valence-electron chi connectivity index (χ2n) is 4.06. The number of esters is 1. The number of benzene rings is 1. The van der Waals surface area contributed by atoms with Crippen molar-refractivity contribution in [2.75, 3.05) is 0 Å². The maximum absolute atomic E-state index is 12.1. The highest BCUT2D eigenvalue weighted by Gasteiger charge is 2.10. The molecule has 7 heteroatoms. The lowest BCUT2D eigenvalue weighted by atomic mass is 10.2. The number of rotatable bonds is 3. The highest BCUT2D eigenvalue weighted by molar-refractivity contribution is 5.87. The molecular formula is C13H10N4O3. The maximum Gasteiger partial charge on any atom is 0.356 e. The number of fused-ring (bicyclic) bond motifs is 1. The van der Waals surface area contributed by atoms with Crippen LogP contribution in [0.2, 0.25) is 0 Å². The van der Waals surface area contributed by atoms with Gasteiger partial charge in [0.05, 0.1) is 5.39 Å². The van der Waals surface area contributed by atoms with Crippen molar-refractivity contribution in [3.63, 3.8) is 0 Å². The quantitative estimate of drug-likeness (QED) is 0.715. The average molecular weight is 270 g/mol. The number of hydrogen-bond donors (Lipinski definition) is 1. The van der Waals surface area contributed by atoms with E-state index in [2.05, 4.69) is 15.3 Å². The Labute approximate surface area is 112 Å². The summed E-state index contributed by atoms with van der Waals surface area (Å²) in [7, 11) is 0. The van der Waals surface area contributed by atoms with Crippen molar-refractivity contribution in [2.24, 2.45) is 0 Å². The van der Waals surface area contributed by atoms with Gasteiger partial charge < -0.3 is 9.72 Å². The number of carbonyl (C=O) groups excluding carboxylic acids is 1. The topological polar surface area (TPSA) is 89.9 Å². The summed E-state index contributed by atoms with van der Waals surface area (Å²) in [6.45, 7) is -0.283. The first kappa shape index (κ1) is 12.1. The van der Waals surface area contributed by atoms with Crippen molar-refractivity contribution in [2.45, 2.75) is 6.73 Å². The first-order valence-corrected chi connectivity index (χ1v) is 5.89. The van der Waals surface area contributed by atoms with Crippen LogP contribution in [0, 0.1) is 0 Å². The lowest BCUT2D eigenvalue weighted by molar-refractivity contribution is 0.0330. The van der Waals surface area contributed by atoms with Gasteiger partial charge in [-0.3, -0.25) is 4.79 Å². The molecule has 2 aromatic heterocycles. The van der Waals surface area contributed by atoms with Gasteiger partial charge in [0.25, 0.3) is 5.56 Å². The molecule has 7 nitrogen and oxygen atoms in total. The summed E-state index contributed by atoms with van der Waals surface area (Å²) in [5.74, 6) is -0.558. The van der Waals surface area contributed by atoms with Crippen LogP contribution in [0.25, 0.3) is 10.9 Å². The van der Waals surface area contributed by atoms with E-state index in [1.807, 2.05) is 0 Å². The summed E-state index contributed by atoms with van der Waals surface area (Å²) in [6, 6.07) is 10.1. The van der Waals surface area contributed by atoms with Crippen LogP contribution in [-0.4, -0.2) is 25.9 Å². The van der Waals surface area contributed by atoms with E-state index in [1.54, 1.807) is 42.6 Å². The molecule has 3 aromatic rings. The van der Waals surface area contributed by atoms with E-state index >= 15 is 0 Å². The van der Waals surface area contributed by atoms with Gasteiger partial charge in [0.1, 0.15) is 11.2 Å². The van der Waals surface area contributed by atoms with E-state index in [9.17, 15) is 9.59 Å². The number of aromatic nitrogens is 4. The average Bonchev–Trinajstić information content (AvgIpc) is 3.01. The number of hydrogen-bond acceptors (Lipinski definition) is 5. The fraction of sp³-hybridized carbons (Fsp3) is 0.0769. The van der Waals surface area contributed by atoms with E-state index in [-0.39, 0.29) is 12.3 Å². The Morgan fingerprint density at radius 3 is 2.90 bits per heavy atom. The maximum atomic E-state index is 12.1. The van der Waals surface area contributed by atoms with E-state index in [0.717, 1.165) is 4.68 Å². The van der Waals surface area contributed by atoms with Crippen LogP contribution in [-0.2, 0) is 11.5 Å². The summed E-state index contributed by atoms with van der Waals surface area (Å²) < 4.78 is 6.00. The van der Waals surface area contributed by atoms with Crippen LogP contribution < -0.4 is 5.56 Å². The number of H-pyrrole nitrogens is 1. The van der Waals surface area contributed by atoms with E-state index in [0.29, 0.717) is 16.6 Å². The SMILES string of the molecule is O=C(OCn1nnc2ccccc2c1=O)c1ccc[nH]1. The molecule has 0 amide bonds. The molecule has 0 aliphatic rings. The molecule has 0 atom stereocenters. The van der Waals surface area contributed by atoms with E-state index < -0.39 is 5.97 Å². The third kappa shape index (κ3) is 2.16. The predicted octanol–water partition coefficient (Wildman–Crippen LogP) is 0.934. The van der Waals surface area contributed by atoms with Crippen molar-refractivity contribution in [3.8, 4) is 0 Å². The summed E-state index contributed by atoms with van der Waals surface area (Å²) in [5.41, 5.74) is 0.464. The molecule has 0 saturated carbocycles. The third-order valence-electron chi connectivity index (χ3n) is 2.77. The second-order valence-corrected chi connectivity index (χ2v) is 4.06. The summed E-state index contributed by atoms with van der Waals surface area (Å²) >= 11 is 0. The van der Waals surface area contributed by atoms with Crippen molar-refractivity contribution in [3.05, 3.63) is 58.6 Å². The Kier molecular flexibility index (Phi) is 3.00. The summed E-state index contributed by atoms with van der Waals surface area (Å²) in [5, 5.41) is 8.05. The lowest BCUT2D eigenvalue weighted by Crippen LogP contribution is -2.26. The summed E-state index contributed by atoms with van der Waals surface area (Å²) in [4.78, 5) is 26.4. The van der Waals surface area contributed by atoms with Gasteiger partial charge >= 0.3 is 5.97 Å². The van der Waals surface area contributed by atoms with Crippen molar-refractivity contribution >= 4 is 16.9 Å². The van der Waals surface area contributed by atoms with Crippen LogP contribution in [0.3, 0.4) is 0 Å². The van der Waals surface area contributed by atoms with E-state index in [4.69, 9.17) is 4.74 Å². The van der Waals surface area contributed by atoms with Crippen molar-refractivity contribution < 1.29 is 9.53 Å². The number of nitrogens with one attached hydrogen (secondary N) is 1. The molecule has 0 bridgehead atoms. The van der Waals surface area contributed by atoms with Crippen LogP contribution >= 0.6 is 0 Å². The zero-order chi connectivity index (χ0) is 13.9. The Morgan fingerprint density at radius 1 is 1.25 bits per heavy atom. The molecule has 0 aliphatic heterocycles. The molecule has 0 fully saturated rings. The number of aromatic amines is 1. The van der Waals surface area contributed by atoms with Gasteiger partial charge in [0, 0.05) is 6.20 Å². The standard InChI is InChI=1S/C13H10N4O3/c18-12-9-4-1-2-5-10(9)15-16-17(12)8-20-13(19)11-6-3-7-14-11/h1-7,14H,8H2. The lowest BCUT2D eigenvalue weighted by Gasteiger charge is -2.05. The molecule has 0 saturated heterocycles. The van der Waals surface area contributed by atoms with Gasteiger partial charge in [-0.15, -0.1) is 5.10 Å². The van der Waals surface area contributed by atoms with Crippen LogP contribution in [0.15, 0.2) is 47.4 Å². The minimum Gasteiger partial charge on any atom is -0.437 e. The summed E-state index contributed by atoms with van der Waals surface area (Å²) in [6.07, 6.45) is 1.61. The van der Waals surface area contributed by atoms with Crippen LogP contribution in [0.5, 0.6) is 0 Å². The smallest absolute Gasteiger partial charge is 0.356 e. The Bertz CT molecular complexity index is 808. The minimum absolute atomic E-state index is 0.283. The molecule has 0 spiro atoms. The first-order valence-electron chi connectivity index (χ1n) is 5.89. The highest BCUT2D eigenvalue weighted by Crippen LogP contribution is 2.03. The van der Waals surface area contributed by atoms with Crippen molar-refractivity contribution in [1.29, 1.82) is 0 Å². The predicted molar refractivity (Wildman–Crippen MR) is 70.0 cm³/mol. The fourth-order valence-electron chi connectivity index (χ4n) is 1.76. The number of nitrogens with zero attached hydrogens (tertiary/aromatic N) is 3. The van der Waals surface area contributed by atoms with Gasteiger partial charge in [-0.05, 0) is 24.3 Å². The van der Waals surface area contributed by atoms with Crippen LogP contribution in [0.1, 0.15) is 10.5 Å². The van der Waals surface area contributed by atoms with Gasteiger partial charge in [-0.1, -0.05) is 17.3 Å². The van der Waals surface area contributed by atoms with Gasteiger partial charge in [-0.25, -0.2) is 4.79 Å². The fourth-order valence-corrected chi connectivity index (χ4v) is 1.76. The molecule has 0 radical (unpaired) electrons. The highest BCUT2D eigenvalue weighted by atomic mass is 16.5. The zero-order valence-electron chi connectivity index (χ0n) is 10.3. The Balaban J connectivity index is 1.83. The largest absolute Gasteiger partial charge is 0.437 e. The normalized spacial score (nSPS) is 10.6. The molecule has 100 valence electrons. The molecule has 1 aromatic carbocycles. The monoisotopic (exact) mass is 270 g/mol. The van der Waals surface area contributed by atoms with Crippen LogP contribution in [0.4, 0.5) is 0 Å². The molecule has 2 heterocycles. The Hall–Kier alpha value is -2.96. The molecule has 0 unspecified atom stereocenters. The van der Waals surface area contributed by atoms with Gasteiger partial charge in [0.15, 0.2) is 6.73 Å². The third-order valence-corrected chi connectivity index (χ3v) is 2.77. The molecular weight excluding hydrogens is 260 g/mol. The number of ether oxygens (including phenoxy) is 1. The zero-order valence-corrected chi connectivity index (χ0v) is 10.3. The second kappa shape index (κ2) is 4.96. The first-order chi connectivity index (χ1) is 9.75. The Morgan fingerprint density at radius 2 is 2.10 bits per heavy atom. The number of carbonyl (C=O) groups is 1. The van der Waals surface area contributed by atoms with Gasteiger partial charge in [-0.2, -0.15) is 4.68 Å². The molecule has 1 N–H and O–H groups in total. The van der Waals surface area contributed by atoms with Crippen molar-refractivity contribution in [1.82, 2.24) is 20.0 Å². The van der Waals surface area contributed by atoms with E-state index in [1.165, 1.54) is 0 Å². The van der Waals surface area contributed by atoms with Gasteiger partial charge in [0.2, 0.25) is 0 Å². The molecule has 3 rings (SSSR count). The molecule has 0 aliphatic carbocycles. The minimum atomic E-state index is -0.558.